The third-order valence-corrected chi connectivity index (χ3v) is 5.66. The second kappa shape index (κ2) is 6.76. The average molecular weight is 427 g/mol. The molecule has 0 saturated heterocycles. The van der Waals surface area contributed by atoms with Gasteiger partial charge in [-0.1, -0.05) is 55.8 Å². The molecule has 0 atom stereocenters. The Bertz CT molecular complexity index is 657. The zero-order valence-corrected chi connectivity index (χ0v) is 15.9. The van der Waals surface area contributed by atoms with Crippen molar-refractivity contribution in [3.8, 4) is 0 Å². The van der Waals surface area contributed by atoms with E-state index in [1.54, 1.807) is 0 Å². The van der Waals surface area contributed by atoms with Gasteiger partial charge in [0.15, 0.2) is 0 Å². The van der Waals surface area contributed by atoms with Crippen LogP contribution in [0.1, 0.15) is 11.1 Å². The lowest BCUT2D eigenvalue weighted by Crippen LogP contribution is -2.15. The van der Waals surface area contributed by atoms with Gasteiger partial charge >= 0.3 is 0 Å². The van der Waals surface area contributed by atoms with E-state index in [1.165, 1.54) is 32.3 Å². The zero-order chi connectivity index (χ0) is 14.8. The van der Waals surface area contributed by atoms with Crippen LogP contribution in [-0.4, -0.2) is 17.7 Å². The molecule has 4 heteroatoms. The molecule has 0 N–H and O–H groups in total. The Hall–Kier alpha value is -0.450. The van der Waals surface area contributed by atoms with Crippen molar-refractivity contribution < 1.29 is 0 Å². The fraction of sp³-hybridized carbons (Fsp3) is 0.294. The van der Waals surface area contributed by atoms with Gasteiger partial charge in [-0.05, 0) is 48.2 Å². The van der Waals surface area contributed by atoms with Crippen LogP contribution in [-0.2, 0) is 12.8 Å². The minimum Gasteiger partial charge on any atom is -0.343 e. The number of nitrogens with zero attached hydrogens (tertiary/aromatic N) is 1. The van der Waals surface area contributed by atoms with Crippen LogP contribution in [0.3, 0.4) is 0 Å². The summed E-state index contributed by atoms with van der Waals surface area (Å²) in [7, 11) is 2.17. The Morgan fingerprint density at radius 3 is 2.24 bits per heavy atom. The van der Waals surface area contributed by atoms with Gasteiger partial charge in [-0.25, -0.2) is 0 Å². The van der Waals surface area contributed by atoms with Gasteiger partial charge in [0.25, 0.3) is 0 Å². The Kier molecular flexibility index (Phi) is 4.97. The fourth-order valence-corrected chi connectivity index (χ4v) is 4.72. The monoisotopic (exact) mass is 425 g/mol. The summed E-state index contributed by atoms with van der Waals surface area (Å²) in [5.41, 5.74) is 5.41. The highest BCUT2D eigenvalue weighted by Crippen LogP contribution is 2.47. The quantitative estimate of drug-likeness (QED) is 0.568. The van der Waals surface area contributed by atoms with Crippen molar-refractivity contribution >= 4 is 55.0 Å². The topological polar surface area (TPSA) is 3.24 Å². The number of halogens is 2. The minimum atomic E-state index is 1.01. The fourth-order valence-electron chi connectivity index (χ4n) is 2.61. The largest absolute Gasteiger partial charge is 0.343 e. The molecule has 0 aromatic heterocycles. The predicted octanol–water partition coefficient (Wildman–Crippen LogP) is 5.79. The molecule has 1 aliphatic heterocycles. The van der Waals surface area contributed by atoms with Crippen LogP contribution in [0.2, 0.25) is 0 Å². The third-order valence-electron chi connectivity index (χ3n) is 3.76. The van der Waals surface area contributed by atoms with Crippen LogP contribution in [0, 0.1) is 0 Å². The maximum atomic E-state index is 3.52. The Balaban J connectivity index is 1.97. The lowest BCUT2D eigenvalue weighted by molar-refractivity contribution is 1.07. The standard InChI is InChI=1S/C17H17Br2NS/c1-20-14-4-2-13(7-9-19)11-17(14)21-16-5-3-12(6-8-18)10-15(16)20/h2-5,10-11H,6-9H2,1H3. The van der Waals surface area contributed by atoms with Gasteiger partial charge in [0.1, 0.15) is 0 Å². The van der Waals surface area contributed by atoms with E-state index in [9.17, 15) is 0 Å². The Labute approximate surface area is 147 Å². The summed E-state index contributed by atoms with van der Waals surface area (Å²) in [4.78, 5) is 5.02. The van der Waals surface area contributed by atoms with Gasteiger partial charge < -0.3 is 4.90 Å². The van der Waals surface area contributed by atoms with Gasteiger partial charge in [-0.15, -0.1) is 0 Å². The molecule has 2 aromatic rings. The van der Waals surface area contributed by atoms with Gasteiger partial charge in [0, 0.05) is 27.5 Å². The molecule has 110 valence electrons. The van der Waals surface area contributed by atoms with Crippen molar-refractivity contribution in [1.82, 2.24) is 0 Å². The van der Waals surface area contributed by atoms with Crippen molar-refractivity contribution in [2.75, 3.05) is 22.6 Å². The summed E-state index contributed by atoms with van der Waals surface area (Å²) in [5, 5.41) is 2.02. The number of alkyl halides is 2. The summed E-state index contributed by atoms with van der Waals surface area (Å²) in [6, 6.07) is 13.6. The van der Waals surface area contributed by atoms with E-state index in [4.69, 9.17) is 0 Å². The molecule has 0 aliphatic carbocycles. The zero-order valence-electron chi connectivity index (χ0n) is 11.9. The first-order valence-electron chi connectivity index (χ1n) is 7.02. The maximum absolute atomic E-state index is 3.52. The number of aryl methyl sites for hydroxylation is 2. The van der Waals surface area contributed by atoms with E-state index in [1.807, 2.05) is 11.8 Å². The first kappa shape index (κ1) is 15.4. The molecule has 0 unspecified atom stereocenters. The van der Waals surface area contributed by atoms with E-state index in [0.29, 0.717) is 0 Å². The van der Waals surface area contributed by atoms with E-state index >= 15 is 0 Å². The Morgan fingerprint density at radius 2 is 1.52 bits per heavy atom. The molecule has 2 aromatic carbocycles. The second-order valence-corrected chi connectivity index (χ2v) is 7.81. The highest BCUT2D eigenvalue weighted by Gasteiger charge is 2.21. The van der Waals surface area contributed by atoms with Crippen LogP contribution in [0.4, 0.5) is 11.4 Å². The lowest BCUT2D eigenvalue weighted by atomic mass is 10.1. The third kappa shape index (κ3) is 3.17. The number of anilines is 2. The van der Waals surface area contributed by atoms with Crippen molar-refractivity contribution in [3.05, 3.63) is 47.5 Å². The normalized spacial score (nSPS) is 13.0. The molecule has 0 radical (unpaired) electrons. The highest BCUT2D eigenvalue weighted by atomic mass is 79.9. The number of hydrogen-bond acceptors (Lipinski definition) is 2. The van der Waals surface area contributed by atoms with Crippen molar-refractivity contribution in [3.63, 3.8) is 0 Å². The molecule has 1 heterocycles. The number of benzene rings is 2. The van der Waals surface area contributed by atoms with Gasteiger partial charge in [-0.3, -0.25) is 0 Å². The predicted molar refractivity (Wildman–Crippen MR) is 100 cm³/mol. The molecule has 0 fully saturated rings. The molecule has 0 bridgehead atoms. The van der Waals surface area contributed by atoms with Crippen molar-refractivity contribution in [1.29, 1.82) is 0 Å². The van der Waals surface area contributed by atoms with Gasteiger partial charge in [0.05, 0.1) is 11.4 Å². The molecule has 3 rings (SSSR count). The van der Waals surface area contributed by atoms with Crippen LogP contribution in [0.15, 0.2) is 46.2 Å². The molecule has 21 heavy (non-hydrogen) atoms. The Morgan fingerprint density at radius 1 is 0.857 bits per heavy atom. The summed E-state index contributed by atoms with van der Waals surface area (Å²) < 4.78 is 0. The lowest BCUT2D eigenvalue weighted by Gasteiger charge is -2.30. The maximum Gasteiger partial charge on any atom is 0.0552 e. The second-order valence-electron chi connectivity index (χ2n) is 5.14. The van der Waals surface area contributed by atoms with Gasteiger partial charge in [0.2, 0.25) is 0 Å². The summed E-state index contributed by atoms with van der Waals surface area (Å²) in [5.74, 6) is 0. The van der Waals surface area contributed by atoms with Crippen molar-refractivity contribution in [2.24, 2.45) is 0 Å². The number of rotatable bonds is 4. The molecule has 1 nitrogen and oxygen atoms in total. The van der Waals surface area contributed by atoms with Crippen LogP contribution >= 0.6 is 43.6 Å². The highest BCUT2D eigenvalue weighted by molar-refractivity contribution is 9.09. The van der Waals surface area contributed by atoms with Crippen LogP contribution < -0.4 is 4.90 Å². The molecule has 0 spiro atoms. The van der Waals surface area contributed by atoms with E-state index in [2.05, 4.69) is 80.2 Å². The van der Waals surface area contributed by atoms with E-state index in [-0.39, 0.29) is 0 Å². The van der Waals surface area contributed by atoms with E-state index in [0.717, 1.165) is 23.5 Å². The average Bonchev–Trinajstić information content (AvgIpc) is 2.49. The van der Waals surface area contributed by atoms with Gasteiger partial charge in [-0.2, -0.15) is 0 Å². The summed E-state index contributed by atoms with van der Waals surface area (Å²) >= 11 is 8.93. The first-order chi connectivity index (χ1) is 10.2. The summed E-state index contributed by atoms with van der Waals surface area (Å²) in [6.45, 7) is 0. The van der Waals surface area contributed by atoms with E-state index < -0.39 is 0 Å². The molecule has 1 aliphatic rings. The number of fused-ring (bicyclic) bond motifs is 2. The minimum absolute atomic E-state index is 1.01. The number of hydrogen-bond donors (Lipinski definition) is 0. The smallest absolute Gasteiger partial charge is 0.0552 e. The van der Waals surface area contributed by atoms with Crippen molar-refractivity contribution in [2.45, 2.75) is 22.6 Å². The van der Waals surface area contributed by atoms with Crippen LogP contribution in [0.25, 0.3) is 0 Å². The molecule has 0 amide bonds. The SMILES string of the molecule is CN1c2ccc(CCBr)cc2Sc2ccc(CCBr)cc21. The first-order valence-corrected chi connectivity index (χ1v) is 10.1. The molecular weight excluding hydrogens is 410 g/mol. The molecular formula is C17H17Br2NS. The molecule has 0 saturated carbocycles. The summed E-state index contributed by atoms with van der Waals surface area (Å²) in [6.07, 6.45) is 2.15. The van der Waals surface area contributed by atoms with Crippen LogP contribution in [0.5, 0.6) is 0 Å².